The van der Waals surface area contributed by atoms with E-state index in [1.807, 2.05) is 31.2 Å². The molecule has 2 heterocycles. The van der Waals surface area contributed by atoms with E-state index in [1.165, 1.54) is 12.1 Å². The van der Waals surface area contributed by atoms with Crippen molar-refractivity contribution in [1.29, 1.82) is 5.26 Å². The number of halogens is 1. The van der Waals surface area contributed by atoms with Gasteiger partial charge in [0.1, 0.15) is 11.5 Å². The van der Waals surface area contributed by atoms with Crippen LogP contribution in [0.3, 0.4) is 0 Å². The molecule has 23 heavy (non-hydrogen) atoms. The highest BCUT2D eigenvalue weighted by Gasteiger charge is 2.09. The van der Waals surface area contributed by atoms with Crippen molar-refractivity contribution in [2.45, 2.75) is 6.92 Å². The first-order valence-electron chi connectivity index (χ1n) is 6.86. The first kappa shape index (κ1) is 14.5. The SMILES string of the molecule is Cc1c(C#Cc2ccccn2)cnn1-c1cc(F)cc(C#N)c1. The van der Waals surface area contributed by atoms with Crippen LogP contribution in [0.2, 0.25) is 0 Å². The third-order valence-electron chi connectivity index (χ3n) is 3.26. The van der Waals surface area contributed by atoms with E-state index in [0.29, 0.717) is 11.4 Å². The van der Waals surface area contributed by atoms with Crippen molar-refractivity contribution in [3.05, 3.63) is 77.1 Å². The fraction of sp³-hybridized carbons (Fsp3) is 0.0556. The first-order chi connectivity index (χ1) is 11.2. The standard InChI is InChI=1S/C18H11FN4/c1-13-15(5-6-17-4-2-3-7-21-17)12-22-23(13)18-9-14(11-20)8-16(19)10-18/h2-4,7-10,12H,1H3. The number of rotatable bonds is 1. The van der Waals surface area contributed by atoms with Crippen LogP contribution >= 0.6 is 0 Å². The Morgan fingerprint density at radius 1 is 1.17 bits per heavy atom. The van der Waals surface area contributed by atoms with Crippen LogP contribution in [0.4, 0.5) is 4.39 Å². The van der Waals surface area contributed by atoms with Gasteiger partial charge >= 0.3 is 0 Å². The lowest BCUT2D eigenvalue weighted by Crippen LogP contribution is -2.00. The van der Waals surface area contributed by atoms with Gasteiger partial charge < -0.3 is 0 Å². The van der Waals surface area contributed by atoms with Crippen LogP contribution < -0.4 is 0 Å². The van der Waals surface area contributed by atoms with Gasteiger partial charge in [0.05, 0.1) is 34.8 Å². The molecule has 0 fully saturated rings. The summed E-state index contributed by atoms with van der Waals surface area (Å²) in [5.74, 6) is 5.49. The quantitative estimate of drug-likeness (QED) is 0.649. The third kappa shape index (κ3) is 3.09. The Balaban J connectivity index is 1.99. The van der Waals surface area contributed by atoms with E-state index in [0.717, 1.165) is 11.3 Å². The van der Waals surface area contributed by atoms with Gasteiger partial charge in [-0.1, -0.05) is 12.0 Å². The molecule has 0 aliphatic heterocycles. The predicted molar refractivity (Wildman–Crippen MR) is 83.2 cm³/mol. The summed E-state index contributed by atoms with van der Waals surface area (Å²) in [5.41, 5.74) is 2.89. The van der Waals surface area contributed by atoms with E-state index < -0.39 is 5.82 Å². The second kappa shape index (κ2) is 6.13. The molecular formula is C18H11FN4. The Hall–Kier alpha value is -3.44. The van der Waals surface area contributed by atoms with Crippen molar-refractivity contribution < 1.29 is 4.39 Å². The molecule has 0 atom stereocenters. The van der Waals surface area contributed by atoms with E-state index in [9.17, 15) is 4.39 Å². The molecule has 110 valence electrons. The fourth-order valence-electron chi connectivity index (χ4n) is 2.12. The number of aromatic nitrogens is 3. The summed E-state index contributed by atoms with van der Waals surface area (Å²) >= 11 is 0. The molecule has 1 aromatic carbocycles. The largest absolute Gasteiger partial charge is 0.248 e. The van der Waals surface area contributed by atoms with E-state index in [-0.39, 0.29) is 5.56 Å². The van der Waals surface area contributed by atoms with Crippen molar-refractivity contribution in [3.63, 3.8) is 0 Å². The number of hydrogen-bond donors (Lipinski definition) is 0. The van der Waals surface area contributed by atoms with Gasteiger partial charge in [-0.25, -0.2) is 14.1 Å². The van der Waals surface area contributed by atoms with Crippen molar-refractivity contribution in [2.75, 3.05) is 0 Å². The third-order valence-corrected chi connectivity index (χ3v) is 3.26. The number of nitriles is 1. The zero-order valence-electron chi connectivity index (χ0n) is 12.3. The molecule has 0 radical (unpaired) electrons. The Morgan fingerprint density at radius 2 is 2.04 bits per heavy atom. The Labute approximate surface area is 132 Å². The molecular weight excluding hydrogens is 291 g/mol. The van der Waals surface area contributed by atoms with Gasteiger partial charge in [-0.2, -0.15) is 10.4 Å². The highest BCUT2D eigenvalue weighted by atomic mass is 19.1. The minimum absolute atomic E-state index is 0.246. The topological polar surface area (TPSA) is 54.5 Å². The molecule has 0 unspecified atom stereocenters. The smallest absolute Gasteiger partial charge is 0.126 e. The second-order valence-electron chi connectivity index (χ2n) is 4.83. The summed E-state index contributed by atoms with van der Waals surface area (Å²) in [7, 11) is 0. The molecule has 0 bridgehead atoms. The Morgan fingerprint density at radius 3 is 2.78 bits per heavy atom. The molecule has 0 saturated heterocycles. The molecule has 4 nitrogen and oxygen atoms in total. The van der Waals surface area contributed by atoms with Gasteiger partial charge in [-0.05, 0) is 43.2 Å². The van der Waals surface area contributed by atoms with Crippen LogP contribution in [-0.4, -0.2) is 14.8 Å². The number of hydrogen-bond acceptors (Lipinski definition) is 3. The van der Waals surface area contributed by atoms with Crippen LogP contribution in [-0.2, 0) is 0 Å². The van der Waals surface area contributed by atoms with Crippen molar-refractivity contribution >= 4 is 0 Å². The molecule has 3 aromatic rings. The lowest BCUT2D eigenvalue weighted by Gasteiger charge is -2.05. The molecule has 0 N–H and O–H groups in total. The summed E-state index contributed by atoms with van der Waals surface area (Å²) in [6.07, 6.45) is 3.29. The number of pyridine rings is 1. The Bertz CT molecular complexity index is 956. The van der Waals surface area contributed by atoms with E-state index >= 15 is 0 Å². The fourth-order valence-corrected chi connectivity index (χ4v) is 2.12. The van der Waals surface area contributed by atoms with Gasteiger partial charge in [-0.15, -0.1) is 0 Å². The number of benzene rings is 1. The molecule has 0 aliphatic rings. The molecule has 0 amide bonds. The van der Waals surface area contributed by atoms with Gasteiger partial charge in [0.25, 0.3) is 0 Å². The average molecular weight is 302 g/mol. The average Bonchev–Trinajstić information content (AvgIpc) is 2.94. The van der Waals surface area contributed by atoms with E-state index in [1.54, 1.807) is 23.1 Å². The maximum atomic E-state index is 13.6. The van der Waals surface area contributed by atoms with Crippen LogP contribution in [0.1, 0.15) is 22.5 Å². The molecule has 0 spiro atoms. The van der Waals surface area contributed by atoms with Crippen molar-refractivity contribution in [2.24, 2.45) is 0 Å². The molecule has 0 saturated carbocycles. The highest BCUT2D eigenvalue weighted by Crippen LogP contribution is 2.16. The van der Waals surface area contributed by atoms with Crippen LogP contribution in [0.15, 0.2) is 48.8 Å². The van der Waals surface area contributed by atoms with E-state index in [4.69, 9.17) is 5.26 Å². The first-order valence-corrected chi connectivity index (χ1v) is 6.86. The molecule has 2 aromatic heterocycles. The molecule has 5 heteroatoms. The summed E-state index contributed by atoms with van der Waals surface area (Å²) < 4.78 is 15.1. The van der Waals surface area contributed by atoms with Crippen LogP contribution in [0, 0.1) is 35.9 Å². The summed E-state index contributed by atoms with van der Waals surface area (Å²) in [6, 6.07) is 11.5. The number of nitrogens with zero attached hydrogens (tertiary/aromatic N) is 4. The van der Waals surface area contributed by atoms with Gasteiger partial charge in [-0.3, -0.25) is 0 Å². The van der Waals surface area contributed by atoms with Crippen molar-refractivity contribution in [3.8, 4) is 23.6 Å². The van der Waals surface area contributed by atoms with Gasteiger partial charge in [0, 0.05) is 6.20 Å². The summed E-state index contributed by atoms with van der Waals surface area (Å²) in [5, 5.41) is 13.2. The van der Waals surface area contributed by atoms with E-state index in [2.05, 4.69) is 21.9 Å². The minimum atomic E-state index is -0.477. The Kier molecular flexibility index (Phi) is 3.86. The molecule has 3 rings (SSSR count). The zero-order valence-corrected chi connectivity index (χ0v) is 12.3. The lowest BCUT2D eigenvalue weighted by atomic mass is 10.2. The predicted octanol–water partition coefficient (Wildman–Crippen LogP) is 2.99. The van der Waals surface area contributed by atoms with Crippen LogP contribution in [0.5, 0.6) is 0 Å². The monoisotopic (exact) mass is 302 g/mol. The van der Waals surface area contributed by atoms with Crippen molar-refractivity contribution in [1.82, 2.24) is 14.8 Å². The minimum Gasteiger partial charge on any atom is -0.248 e. The lowest BCUT2D eigenvalue weighted by molar-refractivity contribution is 0.624. The normalized spacial score (nSPS) is 9.78. The summed E-state index contributed by atoms with van der Waals surface area (Å²) in [6.45, 7) is 1.84. The summed E-state index contributed by atoms with van der Waals surface area (Å²) in [4.78, 5) is 4.14. The molecule has 0 aliphatic carbocycles. The van der Waals surface area contributed by atoms with Crippen LogP contribution in [0.25, 0.3) is 5.69 Å². The second-order valence-corrected chi connectivity index (χ2v) is 4.83. The highest BCUT2D eigenvalue weighted by molar-refractivity contribution is 5.47. The maximum Gasteiger partial charge on any atom is 0.126 e. The van der Waals surface area contributed by atoms with Gasteiger partial charge in [0.15, 0.2) is 0 Å². The zero-order chi connectivity index (χ0) is 16.2. The maximum absolute atomic E-state index is 13.6. The van der Waals surface area contributed by atoms with Gasteiger partial charge in [0.2, 0.25) is 0 Å².